The molecule has 0 spiro atoms. The summed E-state index contributed by atoms with van der Waals surface area (Å²) in [6, 6.07) is 7.57. The van der Waals surface area contributed by atoms with Gasteiger partial charge in [-0.25, -0.2) is 0 Å². The van der Waals surface area contributed by atoms with E-state index in [-0.39, 0.29) is 6.10 Å². The minimum absolute atomic E-state index is 0.115. The molecule has 1 aromatic heterocycles. The zero-order valence-corrected chi connectivity index (χ0v) is 8.57. The smallest absolute Gasteiger partial charge is 0.129 e. The van der Waals surface area contributed by atoms with Gasteiger partial charge in [-0.1, -0.05) is 28.9 Å². The standard InChI is InChI=1S/C11H8ClNO2/c12-9-3-1-7(2-4-9)11-10-8(5-14-11)6-15-13-10/h1-4,6,11H,5H2. The van der Waals surface area contributed by atoms with Gasteiger partial charge in [0.1, 0.15) is 18.1 Å². The Bertz CT molecular complexity index is 478. The van der Waals surface area contributed by atoms with Crippen molar-refractivity contribution in [2.45, 2.75) is 12.7 Å². The first-order valence-electron chi connectivity index (χ1n) is 4.65. The Morgan fingerprint density at radius 3 is 2.87 bits per heavy atom. The molecule has 1 unspecified atom stereocenters. The Hall–Kier alpha value is -1.32. The van der Waals surface area contributed by atoms with Crippen molar-refractivity contribution >= 4 is 11.6 Å². The number of halogens is 1. The zero-order valence-electron chi connectivity index (χ0n) is 7.81. The Labute approximate surface area is 91.6 Å². The van der Waals surface area contributed by atoms with Gasteiger partial charge in [-0.05, 0) is 17.7 Å². The van der Waals surface area contributed by atoms with Gasteiger partial charge >= 0.3 is 0 Å². The maximum atomic E-state index is 5.82. The molecule has 0 saturated carbocycles. The van der Waals surface area contributed by atoms with Crippen LogP contribution in [0, 0.1) is 0 Å². The molecular formula is C11H8ClNO2. The van der Waals surface area contributed by atoms with Crippen molar-refractivity contribution in [1.29, 1.82) is 0 Å². The van der Waals surface area contributed by atoms with Crippen LogP contribution in [0.4, 0.5) is 0 Å². The van der Waals surface area contributed by atoms with Gasteiger partial charge in [0.25, 0.3) is 0 Å². The predicted octanol–water partition coefficient (Wildman–Crippen LogP) is 2.95. The second-order valence-electron chi connectivity index (χ2n) is 3.47. The van der Waals surface area contributed by atoms with Crippen LogP contribution >= 0.6 is 11.6 Å². The second kappa shape index (κ2) is 3.36. The molecule has 1 aromatic carbocycles. The highest BCUT2D eigenvalue weighted by molar-refractivity contribution is 6.30. The van der Waals surface area contributed by atoms with Crippen molar-refractivity contribution in [2.24, 2.45) is 0 Å². The van der Waals surface area contributed by atoms with Crippen LogP contribution in [0.15, 0.2) is 35.1 Å². The molecule has 0 amide bonds. The van der Waals surface area contributed by atoms with Gasteiger partial charge in [0.15, 0.2) is 0 Å². The molecule has 0 aliphatic carbocycles. The summed E-state index contributed by atoms with van der Waals surface area (Å²) in [5.41, 5.74) is 2.94. The van der Waals surface area contributed by atoms with Crippen molar-refractivity contribution in [3.8, 4) is 0 Å². The van der Waals surface area contributed by atoms with Crippen LogP contribution in [0.2, 0.25) is 5.02 Å². The van der Waals surface area contributed by atoms with Crippen molar-refractivity contribution in [3.63, 3.8) is 0 Å². The molecule has 0 bridgehead atoms. The van der Waals surface area contributed by atoms with Crippen LogP contribution in [-0.2, 0) is 11.3 Å². The van der Waals surface area contributed by atoms with Crippen LogP contribution in [0.5, 0.6) is 0 Å². The van der Waals surface area contributed by atoms with Gasteiger partial charge in [-0.15, -0.1) is 0 Å². The highest BCUT2D eigenvalue weighted by Gasteiger charge is 2.28. The van der Waals surface area contributed by atoms with Gasteiger partial charge in [0.2, 0.25) is 0 Å². The van der Waals surface area contributed by atoms with Crippen molar-refractivity contribution in [1.82, 2.24) is 5.16 Å². The molecule has 1 aliphatic rings. The number of rotatable bonds is 1. The molecule has 2 heterocycles. The topological polar surface area (TPSA) is 35.3 Å². The maximum Gasteiger partial charge on any atom is 0.129 e. The van der Waals surface area contributed by atoms with E-state index in [2.05, 4.69) is 5.16 Å². The fourth-order valence-electron chi connectivity index (χ4n) is 1.73. The van der Waals surface area contributed by atoms with E-state index < -0.39 is 0 Å². The summed E-state index contributed by atoms with van der Waals surface area (Å²) in [4.78, 5) is 0. The monoisotopic (exact) mass is 221 g/mol. The van der Waals surface area contributed by atoms with E-state index in [0.29, 0.717) is 6.61 Å². The van der Waals surface area contributed by atoms with Gasteiger partial charge in [-0.2, -0.15) is 0 Å². The lowest BCUT2D eigenvalue weighted by molar-refractivity contribution is 0.0863. The lowest BCUT2D eigenvalue weighted by Crippen LogP contribution is -1.98. The van der Waals surface area contributed by atoms with E-state index in [1.165, 1.54) is 0 Å². The summed E-state index contributed by atoms with van der Waals surface area (Å²) < 4.78 is 10.5. The first-order valence-corrected chi connectivity index (χ1v) is 5.02. The summed E-state index contributed by atoms with van der Waals surface area (Å²) in [5.74, 6) is 0. The summed E-state index contributed by atoms with van der Waals surface area (Å²) in [7, 11) is 0. The largest absolute Gasteiger partial charge is 0.364 e. The van der Waals surface area contributed by atoms with E-state index in [0.717, 1.165) is 21.8 Å². The van der Waals surface area contributed by atoms with Crippen LogP contribution in [0.3, 0.4) is 0 Å². The minimum atomic E-state index is -0.115. The molecule has 4 heteroatoms. The van der Waals surface area contributed by atoms with Gasteiger partial charge < -0.3 is 9.26 Å². The normalized spacial score (nSPS) is 19.1. The Morgan fingerprint density at radius 1 is 1.27 bits per heavy atom. The molecule has 3 rings (SSSR count). The summed E-state index contributed by atoms with van der Waals surface area (Å²) in [6.07, 6.45) is 1.52. The van der Waals surface area contributed by atoms with E-state index in [4.69, 9.17) is 20.9 Å². The minimum Gasteiger partial charge on any atom is -0.364 e. The van der Waals surface area contributed by atoms with E-state index in [1.807, 2.05) is 24.3 Å². The molecule has 0 saturated heterocycles. The van der Waals surface area contributed by atoms with E-state index in [1.54, 1.807) is 6.26 Å². The number of nitrogens with zero attached hydrogens (tertiary/aromatic N) is 1. The average Bonchev–Trinajstić information content (AvgIpc) is 2.80. The molecule has 0 N–H and O–H groups in total. The lowest BCUT2D eigenvalue weighted by atomic mass is 10.1. The molecule has 15 heavy (non-hydrogen) atoms. The molecule has 3 nitrogen and oxygen atoms in total. The molecule has 2 aromatic rings. The van der Waals surface area contributed by atoms with E-state index in [9.17, 15) is 0 Å². The van der Waals surface area contributed by atoms with Crippen molar-refractivity contribution in [2.75, 3.05) is 0 Å². The maximum absolute atomic E-state index is 5.82. The molecule has 0 radical (unpaired) electrons. The number of hydrogen-bond donors (Lipinski definition) is 0. The summed E-state index contributed by atoms with van der Waals surface area (Å²) in [5, 5.41) is 4.66. The molecule has 76 valence electrons. The fourth-order valence-corrected chi connectivity index (χ4v) is 1.86. The summed E-state index contributed by atoms with van der Waals surface area (Å²) >= 11 is 5.82. The van der Waals surface area contributed by atoms with Crippen molar-refractivity contribution in [3.05, 3.63) is 52.4 Å². The second-order valence-corrected chi connectivity index (χ2v) is 3.90. The number of benzene rings is 1. The fraction of sp³-hybridized carbons (Fsp3) is 0.182. The van der Waals surface area contributed by atoms with E-state index >= 15 is 0 Å². The summed E-state index contributed by atoms with van der Waals surface area (Å²) in [6.45, 7) is 0.562. The Kier molecular flexibility index (Phi) is 2.01. The molecule has 0 fully saturated rings. The zero-order chi connectivity index (χ0) is 10.3. The lowest BCUT2D eigenvalue weighted by Gasteiger charge is -2.08. The first kappa shape index (κ1) is 8.95. The number of ether oxygens (including phenoxy) is 1. The third-order valence-electron chi connectivity index (χ3n) is 2.50. The Balaban J connectivity index is 2.00. The predicted molar refractivity (Wildman–Crippen MR) is 54.6 cm³/mol. The number of fused-ring (bicyclic) bond motifs is 1. The van der Waals surface area contributed by atoms with Gasteiger partial charge in [0.05, 0.1) is 6.61 Å². The van der Waals surface area contributed by atoms with Crippen LogP contribution in [0.1, 0.15) is 22.9 Å². The molecule has 1 atom stereocenters. The first-order chi connectivity index (χ1) is 7.34. The van der Waals surface area contributed by atoms with Crippen molar-refractivity contribution < 1.29 is 9.26 Å². The SMILES string of the molecule is Clc1ccc(C2OCc3conc32)cc1. The Morgan fingerprint density at radius 2 is 2.07 bits per heavy atom. The quantitative estimate of drug-likeness (QED) is 0.743. The molecular weight excluding hydrogens is 214 g/mol. The number of hydrogen-bond acceptors (Lipinski definition) is 3. The third-order valence-corrected chi connectivity index (χ3v) is 2.75. The molecule has 1 aliphatic heterocycles. The average molecular weight is 222 g/mol. The highest BCUT2D eigenvalue weighted by Crippen LogP contribution is 2.34. The van der Waals surface area contributed by atoms with Gasteiger partial charge in [0, 0.05) is 10.6 Å². The third kappa shape index (κ3) is 1.44. The van der Waals surface area contributed by atoms with Crippen LogP contribution in [-0.4, -0.2) is 5.16 Å². The van der Waals surface area contributed by atoms with Gasteiger partial charge in [-0.3, -0.25) is 0 Å². The number of aromatic nitrogens is 1. The highest BCUT2D eigenvalue weighted by atomic mass is 35.5. The van der Waals surface area contributed by atoms with Crippen LogP contribution < -0.4 is 0 Å². The van der Waals surface area contributed by atoms with Crippen LogP contribution in [0.25, 0.3) is 0 Å².